The third-order valence-corrected chi connectivity index (χ3v) is 8.97. The van der Waals surface area contributed by atoms with Gasteiger partial charge in [-0.3, -0.25) is 4.90 Å². The minimum absolute atomic E-state index is 0.0513. The van der Waals surface area contributed by atoms with Gasteiger partial charge in [0.05, 0.1) is 33.7 Å². The van der Waals surface area contributed by atoms with Crippen molar-refractivity contribution in [3.8, 4) is 16.9 Å². The van der Waals surface area contributed by atoms with E-state index in [-0.39, 0.29) is 36.0 Å². The monoisotopic (exact) mass is 645 g/mol. The fraction of sp³-hybridized carbons (Fsp3) is 0.333. The van der Waals surface area contributed by atoms with Crippen molar-refractivity contribution in [2.24, 2.45) is 5.73 Å². The van der Waals surface area contributed by atoms with Crippen LogP contribution in [0.15, 0.2) is 48.5 Å². The number of aromatic nitrogens is 2. The van der Waals surface area contributed by atoms with Gasteiger partial charge in [-0.1, -0.05) is 31.2 Å². The number of hydrogen-bond acceptors (Lipinski definition) is 3. The highest BCUT2D eigenvalue weighted by molar-refractivity contribution is 5.89. The van der Waals surface area contributed by atoms with Gasteiger partial charge in [-0.15, -0.1) is 0 Å². The average molecular weight is 646 g/mol. The number of nitrogens with one attached hydrogen (secondary N) is 1. The molecule has 4 aromatic rings. The lowest BCUT2D eigenvalue weighted by Gasteiger charge is -2.33. The maximum atomic E-state index is 16.0. The summed E-state index contributed by atoms with van der Waals surface area (Å²) in [6.45, 7) is 5.26. The fourth-order valence-electron chi connectivity index (χ4n) is 6.61. The number of fused-ring (bicyclic) bond motifs is 8. The summed E-state index contributed by atoms with van der Waals surface area (Å²) in [5.74, 6) is -0.660. The molecule has 0 radical (unpaired) electrons. The second-order valence-corrected chi connectivity index (χ2v) is 12.1. The predicted molar refractivity (Wildman–Crippen MR) is 158 cm³/mol. The molecule has 3 N–H and O–H groups in total. The first kappa shape index (κ1) is 31.6. The minimum Gasteiger partial charge on any atom is -0.351 e. The average Bonchev–Trinajstić information content (AvgIpc) is 3.45. The molecule has 0 saturated carbocycles. The molecular weight excluding hydrogens is 615 g/mol. The van der Waals surface area contributed by atoms with E-state index in [1.165, 1.54) is 6.07 Å². The Labute approximate surface area is 260 Å². The van der Waals surface area contributed by atoms with Crippen molar-refractivity contribution >= 4 is 11.7 Å². The molecule has 6 nitrogen and oxygen atoms in total. The fourth-order valence-corrected chi connectivity index (χ4v) is 6.61. The molecule has 2 aliphatic rings. The topological polar surface area (TPSA) is 76.2 Å². The normalized spacial score (nSPS) is 15.8. The molecule has 2 amide bonds. The molecule has 1 aromatic heterocycles. The predicted octanol–water partition coefficient (Wildman–Crippen LogP) is 8.12. The number of anilines is 1. The summed E-state index contributed by atoms with van der Waals surface area (Å²) in [4.78, 5) is 13.4. The molecule has 3 aromatic carbocycles. The molecular formula is C33H30F7N5O. The molecule has 2 bridgehead atoms. The number of primary amides is 1. The molecule has 0 saturated heterocycles. The van der Waals surface area contributed by atoms with Crippen LogP contribution in [0.4, 0.5) is 41.2 Å². The summed E-state index contributed by atoms with van der Waals surface area (Å²) in [5, 5.41) is 7.49. The Kier molecular flexibility index (Phi) is 7.45. The zero-order chi connectivity index (χ0) is 33.3. The highest BCUT2D eigenvalue weighted by Gasteiger charge is 2.45. The molecule has 0 fully saturated rings. The number of rotatable bonds is 4. The first-order valence-electron chi connectivity index (χ1n) is 14.7. The zero-order valence-corrected chi connectivity index (χ0v) is 25.1. The Morgan fingerprint density at radius 2 is 1.70 bits per heavy atom. The van der Waals surface area contributed by atoms with E-state index in [4.69, 9.17) is 10.8 Å². The molecule has 0 unspecified atom stereocenters. The van der Waals surface area contributed by atoms with Crippen LogP contribution < -0.4 is 11.1 Å². The summed E-state index contributed by atoms with van der Waals surface area (Å²) >= 11 is 0. The quantitative estimate of drug-likeness (QED) is 0.220. The number of urea groups is 1. The van der Waals surface area contributed by atoms with Crippen molar-refractivity contribution < 1.29 is 35.5 Å². The van der Waals surface area contributed by atoms with Crippen LogP contribution in [-0.2, 0) is 50.2 Å². The number of carbonyl (C=O) groups is 1. The van der Waals surface area contributed by atoms with Crippen molar-refractivity contribution in [1.29, 1.82) is 0 Å². The second kappa shape index (κ2) is 10.9. The van der Waals surface area contributed by atoms with Gasteiger partial charge in [0.15, 0.2) is 0 Å². The van der Waals surface area contributed by atoms with E-state index in [9.17, 15) is 31.1 Å². The van der Waals surface area contributed by atoms with Crippen LogP contribution in [0.3, 0.4) is 0 Å². The van der Waals surface area contributed by atoms with Crippen molar-refractivity contribution in [2.75, 3.05) is 5.32 Å². The van der Waals surface area contributed by atoms with Crippen LogP contribution in [0.1, 0.15) is 65.4 Å². The molecule has 2 aliphatic heterocycles. The Hall–Kier alpha value is -4.39. The number of amides is 2. The summed E-state index contributed by atoms with van der Waals surface area (Å²) in [7, 11) is 0. The van der Waals surface area contributed by atoms with Crippen LogP contribution in [0.2, 0.25) is 0 Å². The second-order valence-electron chi connectivity index (χ2n) is 12.1. The summed E-state index contributed by atoms with van der Waals surface area (Å²) in [6.07, 6.45) is -8.34. The molecule has 0 aliphatic carbocycles. The molecule has 13 heteroatoms. The maximum Gasteiger partial charge on any atom is 0.416 e. The number of benzene rings is 3. The van der Waals surface area contributed by atoms with Crippen LogP contribution >= 0.6 is 0 Å². The molecule has 0 atom stereocenters. The Morgan fingerprint density at radius 1 is 0.978 bits per heavy atom. The summed E-state index contributed by atoms with van der Waals surface area (Å²) < 4.78 is 99.9. The summed E-state index contributed by atoms with van der Waals surface area (Å²) in [6, 6.07) is 9.49. The van der Waals surface area contributed by atoms with E-state index in [0.29, 0.717) is 47.8 Å². The van der Waals surface area contributed by atoms with Gasteiger partial charge in [0.25, 0.3) is 0 Å². The zero-order valence-electron chi connectivity index (χ0n) is 25.1. The van der Waals surface area contributed by atoms with Gasteiger partial charge in [0, 0.05) is 29.9 Å². The van der Waals surface area contributed by atoms with E-state index < -0.39 is 40.9 Å². The van der Waals surface area contributed by atoms with Crippen LogP contribution in [0.5, 0.6) is 0 Å². The number of nitrogens with two attached hydrogens (primary N) is 1. The van der Waals surface area contributed by atoms with E-state index in [1.807, 2.05) is 25.1 Å². The SMILES string of the molecule is CCc1cccc2c1-n1nc3c(c1-c1cc(c(NC(N)=O)cc1F)CC2)CN(Cc1ccc(C(F)(F)F)cc1C(F)(F)F)C3(C)C. The molecule has 242 valence electrons. The highest BCUT2D eigenvalue weighted by atomic mass is 19.4. The van der Waals surface area contributed by atoms with Crippen LogP contribution in [-0.4, -0.2) is 20.7 Å². The van der Waals surface area contributed by atoms with Gasteiger partial charge >= 0.3 is 18.4 Å². The number of alkyl halides is 6. The standard InChI is InChI=1S/C33H30F7N5O/c1-4-17-6-5-7-18-8-9-19-12-22(25(34)14-26(19)42-30(41)46)28-23-16-44(31(2,3)29(23)43-45(28)27(17)18)15-20-10-11-21(32(35,36)37)13-24(20)33(38,39)40/h5-7,10-14H,4,8-9,15-16H2,1-3H3,(H3,41,42,46). The van der Waals surface area contributed by atoms with E-state index in [1.54, 1.807) is 29.5 Å². The molecule has 0 spiro atoms. The third kappa shape index (κ3) is 5.29. The van der Waals surface area contributed by atoms with Crippen molar-refractivity contribution in [3.05, 3.63) is 99.0 Å². The molecule has 3 heterocycles. The minimum atomic E-state index is -5.02. The van der Waals surface area contributed by atoms with E-state index in [0.717, 1.165) is 22.9 Å². The largest absolute Gasteiger partial charge is 0.416 e. The van der Waals surface area contributed by atoms with E-state index >= 15 is 4.39 Å². The first-order valence-corrected chi connectivity index (χ1v) is 14.7. The lowest BCUT2D eigenvalue weighted by atomic mass is 9.96. The number of para-hydroxylation sites is 1. The van der Waals surface area contributed by atoms with Crippen LogP contribution in [0.25, 0.3) is 16.9 Å². The van der Waals surface area contributed by atoms with Crippen molar-refractivity contribution in [3.63, 3.8) is 0 Å². The number of hydrogen-bond donors (Lipinski definition) is 2. The summed E-state index contributed by atoms with van der Waals surface area (Å²) in [5.41, 5.74) is 6.56. The van der Waals surface area contributed by atoms with Gasteiger partial charge < -0.3 is 11.1 Å². The Bertz CT molecular complexity index is 1870. The lowest BCUT2D eigenvalue weighted by molar-refractivity contribution is -0.143. The van der Waals surface area contributed by atoms with Crippen LogP contribution in [0, 0.1) is 5.82 Å². The maximum absolute atomic E-state index is 16.0. The van der Waals surface area contributed by atoms with Crippen molar-refractivity contribution in [1.82, 2.24) is 14.7 Å². The third-order valence-electron chi connectivity index (χ3n) is 8.97. The molecule has 46 heavy (non-hydrogen) atoms. The molecule has 6 rings (SSSR count). The number of carbonyl (C=O) groups excluding carboxylic acids is 1. The van der Waals surface area contributed by atoms with Gasteiger partial charge in [-0.05, 0) is 79.6 Å². The number of halogens is 7. The van der Waals surface area contributed by atoms with Gasteiger partial charge in [-0.25, -0.2) is 13.9 Å². The number of aryl methyl sites for hydroxylation is 3. The van der Waals surface area contributed by atoms with E-state index in [2.05, 4.69) is 5.32 Å². The van der Waals surface area contributed by atoms with Gasteiger partial charge in [0.1, 0.15) is 5.82 Å². The number of nitrogens with zero attached hydrogens (tertiary/aromatic N) is 3. The highest BCUT2D eigenvalue weighted by Crippen LogP contribution is 2.47. The Morgan fingerprint density at radius 3 is 2.35 bits per heavy atom. The van der Waals surface area contributed by atoms with Crippen molar-refractivity contribution in [2.45, 2.75) is 71.0 Å². The smallest absolute Gasteiger partial charge is 0.351 e. The van der Waals surface area contributed by atoms with Gasteiger partial charge in [0.2, 0.25) is 0 Å². The van der Waals surface area contributed by atoms with Gasteiger partial charge in [-0.2, -0.15) is 31.4 Å². The Balaban J connectivity index is 1.53. The lowest BCUT2D eigenvalue weighted by Crippen LogP contribution is -2.36. The first-order chi connectivity index (χ1) is 21.5.